The normalized spacial score (nSPS) is 32.7. The zero-order chi connectivity index (χ0) is 34.2. The van der Waals surface area contributed by atoms with Crippen LogP contribution in [0.5, 0.6) is 0 Å². The Morgan fingerprint density at radius 2 is 1.56 bits per heavy atom. The van der Waals surface area contributed by atoms with E-state index >= 15 is 0 Å². The summed E-state index contributed by atoms with van der Waals surface area (Å²) in [6, 6.07) is -1.43. The molecule has 0 spiro atoms. The fourth-order valence-electron chi connectivity index (χ4n) is 4.95. The van der Waals surface area contributed by atoms with Crippen LogP contribution in [0.25, 0.3) is 0 Å². The van der Waals surface area contributed by atoms with Crippen LogP contribution in [0, 0.1) is 0 Å². The molecule has 1 unspecified atom stereocenters. The number of carbonyl (C=O) groups is 6. The molecule has 1 amide bonds. The molecule has 5 N–H and O–H groups in total. The summed E-state index contributed by atoms with van der Waals surface area (Å²) in [5, 5.41) is 42.5. The van der Waals surface area contributed by atoms with Crippen molar-refractivity contribution >= 4 is 47.5 Å². The monoisotopic (exact) mass is 669 g/mol. The van der Waals surface area contributed by atoms with Crippen molar-refractivity contribution in [3.8, 4) is 0 Å². The summed E-state index contributed by atoms with van der Waals surface area (Å²) in [4.78, 5) is 71.9. The molecule has 45 heavy (non-hydrogen) atoms. The fraction of sp³-hybridized carbons (Fsp3) is 0.769. The van der Waals surface area contributed by atoms with E-state index in [1.165, 1.54) is 0 Å². The van der Waals surface area contributed by atoms with E-state index in [2.05, 4.69) is 5.32 Å². The van der Waals surface area contributed by atoms with E-state index in [9.17, 15) is 49.2 Å². The summed E-state index contributed by atoms with van der Waals surface area (Å²) in [5.74, 6) is -5.46. The molecule has 0 aromatic rings. The Kier molecular flexibility index (Phi) is 14.0. The number of hydrogen-bond donors (Lipinski definition) is 5. The topological polar surface area (TPSA) is 260 Å². The lowest BCUT2D eigenvalue weighted by atomic mass is 9.89. The Morgan fingerprint density at radius 3 is 2.04 bits per heavy atom. The molecule has 0 aromatic heterocycles. The van der Waals surface area contributed by atoms with Crippen LogP contribution >= 0.6 is 11.8 Å². The van der Waals surface area contributed by atoms with Crippen LogP contribution in [-0.4, -0.2) is 142 Å². The van der Waals surface area contributed by atoms with Crippen molar-refractivity contribution in [2.45, 2.75) is 106 Å². The van der Waals surface area contributed by atoms with Gasteiger partial charge in [0.2, 0.25) is 10.8 Å². The zero-order valence-electron chi connectivity index (χ0n) is 25.4. The third kappa shape index (κ3) is 9.96. The van der Waals surface area contributed by atoms with Crippen molar-refractivity contribution in [2.24, 2.45) is 0 Å². The van der Waals surface area contributed by atoms with Gasteiger partial charge in [-0.3, -0.25) is 24.0 Å². The Bertz CT molecular complexity index is 1110. The number of ether oxygens (including phenoxy) is 7. The largest absolute Gasteiger partial charge is 0.466 e. The first kappa shape index (κ1) is 38.1. The molecule has 19 heteroatoms. The average Bonchev–Trinajstić information content (AvgIpc) is 2.94. The van der Waals surface area contributed by atoms with Crippen molar-refractivity contribution in [2.75, 3.05) is 20.3 Å². The van der Waals surface area contributed by atoms with Gasteiger partial charge in [-0.05, 0) is 0 Å². The predicted molar refractivity (Wildman–Crippen MR) is 146 cm³/mol. The van der Waals surface area contributed by atoms with Crippen molar-refractivity contribution in [3.05, 3.63) is 0 Å². The van der Waals surface area contributed by atoms with Crippen molar-refractivity contribution in [1.82, 2.24) is 5.32 Å². The molecule has 2 heterocycles. The fourth-order valence-corrected chi connectivity index (χ4v) is 6.58. The molecule has 256 valence electrons. The molecule has 11 atom stereocenters. The highest BCUT2D eigenvalue weighted by molar-refractivity contribution is 8.01. The van der Waals surface area contributed by atoms with Gasteiger partial charge < -0.3 is 58.9 Å². The molecule has 0 bridgehead atoms. The molecule has 2 rings (SSSR count). The summed E-state index contributed by atoms with van der Waals surface area (Å²) in [6.45, 7) is 3.68. The summed E-state index contributed by atoms with van der Waals surface area (Å²) in [5.41, 5.74) is 0. The van der Waals surface area contributed by atoms with Gasteiger partial charge in [-0.1, -0.05) is 0 Å². The highest BCUT2D eigenvalue weighted by Gasteiger charge is 2.61. The molecular weight excluding hydrogens is 630 g/mol. The van der Waals surface area contributed by atoms with E-state index < -0.39 is 121 Å². The van der Waals surface area contributed by atoms with Crippen LogP contribution in [0.3, 0.4) is 0 Å². The Balaban J connectivity index is 2.81. The first-order valence-corrected chi connectivity index (χ1v) is 14.5. The average molecular weight is 670 g/mol. The van der Waals surface area contributed by atoms with E-state index in [0.717, 1.165) is 41.7 Å². The van der Waals surface area contributed by atoms with Crippen molar-refractivity contribution in [3.63, 3.8) is 0 Å². The van der Waals surface area contributed by atoms with Crippen LogP contribution in [0.1, 0.15) is 41.0 Å². The third-order valence-corrected chi connectivity index (χ3v) is 8.30. The van der Waals surface area contributed by atoms with Crippen LogP contribution in [0.15, 0.2) is 0 Å². The number of amides is 1. The van der Waals surface area contributed by atoms with Crippen LogP contribution in [-0.2, 0) is 61.9 Å². The molecule has 0 saturated carbocycles. The quantitative estimate of drug-likeness (QED) is 0.103. The smallest absolute Gasteiger partial charge is 0.349 e. The van der Waals surface area contributed by atoms with Crippen molar-refractivity contribution in [1.29, 1.82) is 0 Å². The van der Waals surface area contributed by atoms with Crippen LogP contribution in [0.4, 0.5) is 0 Å². The highest BCUT2D eigenvalue weighted by atomic mass is 32.2. The van der Waals surface area contributed by atoms with E-state index in [-0.39, 0.29) is 0 Å². The number of thioether (sulfide) groups is 1. The van der Waals surface area contributed by atoms with Gasteiger partial charge in [0.05, 0.1) is 31.1 Å². The molecule has 2 fully saturated rings. The molecule has 2 aliphatic rings. The number of carbonyl (C=O) groups excluding carboxylic acids is 6. The minimum absolute atomic E-state index is 0.411. The number of nitrogens with one attached hydrogen (secondary N) is 1. The van der Waals surface area contributed by atoms with E-state index in [4.69, 9.17) is 33.2 Å². The minimum Gasteiger partial charge on any atom is -0.466 e. The number of esters is 5. The van der Waals surface area contributed by atoms with E-state index in [1.54, 1.807) is 0 Å². The summed E-state index contributed by atoms with van der Waals surface area (Å²) < 4.78 is 37.5. The number of methoxy groups -OCH3 is 1. The number of aliphatic hydroxyl groups is 4. The summed E-state index contributed by atoms with van der Waals surface area (Å²) in [7, 11) is 0.970. The molecule has 2 aliphatic heterocycles. The molecule has 0 aromatic carbocycles. The number of rotatable bonds is 12. The van der Waals surface area contributed by atoms with Gasteiger partial charge >= 0.3 is 29.8 Å². The Morgan fingerprint density at radius 1 is 0.933 bits per heavy atom. The van der Waals surface area contributed by atoms with E-state index in [0.29, 0.717) is 11.8 Å². The predicted octanol–water partition coefficient (Wildman–Crippen LogP) is -2.96. The van der Waals surface area contributed by atoms with E-state index in [1.807, 2.05) is 0 Å². The zero-order valence-corrected chi connectivity index (χ0v) is 26.2. The van der Waals surface area contributed by atoms with Gasteiger partial charge in [0.1, 0.15) is 31.0 Å². The Labute approximate surface area is 261 Å². The standard InChI is InChI=1S/C26H39NO17S/c1-10(29)27-18-15(40-12(3)31)7-26(25(37)38-6,45-23-19(34)16(8-28)43-24(36)20(23)35)44-22(18)21(42-14(5)33)17(41-13(4)32)9-39-11(2)30/h15-24,28,34-36H,7-9H2,1-6H3,(H,27,29)/t15-,16+,17+,18+,19-,20+,21+,22+,23-,24?,26-/m0/s1. The number of aliphatic hydroxyl groups excluding tert-OH is 4. The van der Waals surface area contributed by atoms with Gasteiger partial charge in [-0.2, -0.15) is 0 Å². The van der Waals surface area contributed by atoms with Crippen LogP contribution < -0.4 is 5.32 Å². The van der Waals surface area contributed by atoms with Gasteiger partial charge in [0.15, 0.2) is 18.5 Å². The SMILES string of the molecule is COC(=O)[C@@]1(S[C@H]2[C@@H](O)[C@@H](CO)OC(O)[C@@H]2O)C[C@H](OC(C)=O)[C@@H](NC(C)=O)[C@H]([C@H](OC(C)=O)[C@@H](COC(C)=O)OC(C)=O)O1. The second kappa shape index (κ2) is 16.5. The maximum absolute atomic E-state index is 13.6. The number of hydrogen-bond acceptors (Lipinski definition) is 18. The van der Waals surface area contributed by atoms with Crippen molar-refractivity contribution < 1.29 is 82.4 Å². The lowest BCUT2D eigenvalue weighted by Gasteiger charge is -2.50. The lowest BCUT2D eigenvalue weighted by molar-refractivity contribution is -0.249. The van der Waals surface area contributed by atoms with Gasteiger partial charge in [0, 0.05) is 41.0 Å². The van der Waals surface area contributed by atoms with Gasteiger partial charge in [0.25, 0.3) is 0 Å². The third-order valence-electron chi connectivity index (χ3n) is 6.66. The molecular formula is C26H39NO17S. The molecule has 18 nitrogen and oxygen atoms in total. The highest BCUT2D eigenvalue weighted by Crippen LogP contribution is 2.47. The maximum atomic E-state index is 13.6. The molecule has 2 saturated heterocycles. The molecule has 0 aliphatic carbocycles. The molecule has 0 radical (unpaired) electrons. The van der Waals surface area contributed by atoms with Gasteiger partial charge in [-0.15, -0.1) is 11.8 Å². The first-order chi connectivity index (χ1) is 21.0. The Hall–Kier alpha value is -3.07. The van der Waals surface area contributed by atoms with Crippen LogP contribution in [0.2, 0.25) is 0 Å². The second-order valence-corrected chi connectivity index (χ2v) is 11.7. The summed E-state index contributed by atoms with van der Waals surface area (Å²) >= 11 is 0.411. The van der Waals surface area contributed by atoms with Gasteiger partial charge in [-0.25, -0.2) is 4.79 Å². The first-order valence-electron chi connectivity index (χ1n) is 13.6. The minimum atomic E-state index is -2.38. The summed E-state index contributed by atoms with van der Waals surface area (Å²) in [6.07, 6.45) is -14.2. The lowest BCUT2D eigenvalue weighted by Crippen LogP contribution is -2.69. The second-order valence-electron chi connectivity index (χ2n) is 10.2. The maximum Gasteiger partial charge on any atom is 0.349 e.